The SMILES string of the molecule is CCCN(Cc1ccccc1)Cc1ccc(NC(=O)Cc2ccccc2)cc1. The quantitative estimate of drug-likeness (QED) is 0.554. The molecule has 0 unspecified atom stereocenters. The maximum atomic E-state index is 12.2. The predicted molar refractivity (Wildman–Crippen MR) is 116 cm³/mol. The first-order valence-electron chi connectivity index (χ1n) is 9.92. The molecule has 1 N–H and O–H groups in total. The Balaban J connectivity index is 1.55. The number of anilines is 1. The van der Waals surface area contributed by atoms with E-state index in [4.69, 9.17) is 0 Å². The number of rotatable bonds is 9. The second kappa shape index (κ2) is 10.4. The largest absolute Gasteiger partial charge is 0.326 e. The summed E-state index contributed by atoms with van der Waals surface area (Å²) in [5, 5.41) is 2.98. The van der Waals surface area contributed by atoms with Gasteiger partial charge in [0.2, 0.25) is 5.91 Å². The Bertz CT molecular complexity index is 845. The van der Waals surface area contributed by atoms with Crippen LogP contribution < -0.4 is 5.32 Å². The molecular weight excluding hydrogens is 344 g/mol. The van der Waals surface area contributed by atoms with Crippen molar-refractivity contribution < 1.29 is 4.79 Å². The lowest BCUT2D eigenvalue weighted by Crippen LogP contribution is -2.23. The average molecular weight is 373 g/mol. The lowest BCUT2D eigenvalue weighted by Gasteiger charge is -2.22. The second-order valence-corrected chi connectivity index (χ2v) is 7.10. The molecule has 0 radical (unpaired) electrons. The van der Waals surface area contributed by atoms with Crippen molar-refractivity contribution in [1.82, 2.24) is 4.90 Å². The summed E-state index contributed by atoms with van der Waals surface area (Å²) >= 11 is 0. The van der Waals surface area contributed by atoms with Crippen molar-refractivity contribution in [1.29, 1.82) is 0 Å². The van der Waals surface area contributed by atoms with Gasteiger partial charge in [0.15, 0.2) is 0 Å². The number of nitrogens with one attached hydrogen (secondary N) is 1. The van der Waals surface area contributed by atoms with Crippen LogP contribution in [0.15, 0.2) is 84.9 Å². The molecule has 0 spiro atoms. The van der Waals surface area contributed by atoms with E-state index in [-0.39, 0.29) is 5.91 Å². The van der Waals surface area contributed by atoms with E-state index in [0.717, 1.165) is 37.3 Å². The third-order valence-electron chi connectivity index (χ3n) is 4.64. The third kappa shape index (κ3) is 6.36. The molecule has 0 saturated heterocycles. The first-order valence-corrected chi connectivity index (χ1v) is 9.92. The first kappa shape index (κ1) is 19.8. The number of amides is 1. The zero-order valence-electron chi connectivity index (χ0n) is 16.5. The zero-order valence-corrected chi connectivity index (χ0v) is 16.5. The minimum absolute atomic E-state index is 0.00985. The molecule has 3 aromatic carbocycles. The van der Waals surface area contributed by atoms with E-state index >= 15 is 0 Å². The summed E-state index contributed by atoms with van der Waals surface area (Å²) in [5.74, 6) is 0.00985. The molecule has 3 nitrogen and oxygen atoms in total. The summed E-state index contributed by atoms with van der Waals surface area (Å²) in [6, 6.07) is 28.6. The molecule has 0 atom stereocenters. The Hall–Kier alpha value is -2.91. The highest BCUT2D eigenvalue weighted by atomic mass is 16.1. The summed E-state index contributed by atoms with van der Waals surface area (Å²) in [4.78, 5) is 14.7. The monoisotopic (exact) mass is 372 g/mol. The minimum Gasteiger partial charge on any atom is -0.326 e. The van der Waals surface area contributed by atoms with Crippen LogP contribution in [0, 0.1) is 0 Å². The van der Waals surface area contributed by atoms with Crippen LogP contribution >= 0.6 is 0 Å². The van der Waals surface area contributed by atoms with Crippen molar-refractivity contribution >= 4 is 11.6 Å². The van der Waals surface area contributed by atoms with Gasteiger partial charge in [-0.2, -0.15) is 0 Å². The van der Waals surface area contributed by atoms with Gasteiger partial charge in [-0.25, -0.2) is 0 Å². The summed E-state index contributed by atoms with van der Waals surface area (Å²) < 4.78 is 0. The van der Waals surface area contributed by atoms with Gasteiger partial charge in [0.1, 0.15) is 0 Å². The van der Waals surface area contributed by atoms with Gasteiger partial charge in [-0.1, -0.05) is 79.7 Å². The van der Waals surface area contributed by atoms with E-state index in [1.807, 2.05) is 42.5 Å². The topological polar surface area (TPSA) is 32.3 Å². The van der Waals surface area contributed by atoms with Gasteiger partial charge in [0.05, 0.1) is 6.42 Å². The fourth-order valence-corrected chi connectivity index (χ4v) is 3.31. The number of benzene rings is 3. The van der Waals surface area contributed by atoms with Crippen LogP contribution in [0.1, 0.15) is 30.0 Å². The standard InChI is InChI=1S/C25H28N2O/c1-2-17-27(19-22-11-7-4-8-12-22)20-23-13-15-24(16-14-23)26-25(28)18-21-9-5-3-6-10-21/h3-16H,2,17-20H2,1H3,(H,26,28). The summed E-state index contributed by atoms with van der Waals surface area (Å²) in [5.41, 5.74) is 4.45. The van der Waals surface area contributed by atoms with Crippen molar-refractivity contribution in [2.45, 2.75) is 32.9 Å². The molecule has 3 rings (SSSR count). The van der Waals surface area contributed by atoms with E-state index in [0.29, 0.717) is 6.42 Å². The first-order chi connectivity index (χ1) is 13.7. The molecule has 0 saturated carbocycles. The number of carbonyl (C=O) groups is 1. The normalized spacial score (nSPS) is 10.8. The predicted octanol–water partition coefficient (Wildman–Crippen LogP) is 5.28. The summed E-state index contributed by atoms with van der Waals surface area (Å²) in [6.45, 7) is 5.12. The maximum absolute atomic E-state index is 12.2. The molecule has 0 aromatic heterocycles. The molecule has 28 heavy (non-hydrogen) atoms. The van der Waals surface area contributed by atoms with Gasteiger partial charge in [0, 0.05) is 18.8 Å². The molecule has 0 aliphatic heterocycles. The molecule has 0 fully saturated rings. The van der Waals surface area contributed by atoms with Crippen molar-refractivity contribution in [3.63, 3.8) is 0 Å². The van der Waals surface area contributed by atoms with Gasteiger partial charge in [-0.3, -0.25) is 9.69 Å². The van der Waals surface area contributed by atoms with Crippen LogP contribution in [0.4, 0.5) is 5.69 Å². The minimum atomic E-state index is 0.00985. The highest BCUT2D eigenvalue weighted by Crippen LogP contribution is 2.14. The fourth-order valence-electron chi connectivity index (χ4n) is 3.31. The Kier molecular flexibility index (Phi) is 7.39. The van der Waals surface area contributed by atoms with E-state index in [2.05, 4.69) is 59.6 Å². The van der Waals surface area contributed by atoms with E-state index < -0.39 is 0 Å². The smallest absolute Gasteiger partial charge is 0.228 e. The van der Waals surface area contributed by atoms with Gasteiger partial charge in [0.25, 0.3) is 0 Å². The van der Waals surface area contributed by atoms with Crippen molar-refractivity contribution in [3.05, 3.63) is 102 Å². The molecular formula is C25H28N2O. The Morgan fingerprint density at radius 3 is 1.86 bits per heavy atom. The molecule has 3 aromatic rings. The number of hydrogen-bond acceptors (Lipinski definition) is 2. The van der Waals surface area contributed by atoms with E-state index in [1.165, 1.54) is 11.1 Å². The van der Waals surface area contributed by atoms with Crippen LogP contribution in [-0.4, -0.2) is 17.4 Å². The fraction of sp³-hybridized carbons (Fsp3) is 0.240. The van der Waals surface area contributed by atoms with E-state index in [9.17, 15) is 4.79 Å². The molecule has 0 aliphatic carbocycles. The van der Waals surface area contributed by atoms with Crippen LogP contribution in [0.2, 0.25) is 0 Å². The molecule has 0 heterocycles. The van der Waals surface area contributed by atoms with Gasteiger partial charge >= 0.3 is 0 Å². The van der Waals surface area contributed by atoms with Gasteiger partial charge in [-0.15, -0.1) is 0 Å². The lowest BCUT2D eigenvalue weighted by atomic mass is 10.1. The summed E-state index contributed by atoms with van der Waals surface area (Å²) in [7, 11) is 0. The molecule has 1 amide bonds. The highest BCUT2D eigenvalue weighted by molar-refractivity contribution is 5.92. The molecule has 0 aliphatic rings. The summed E-state index contributed by atoms with van der Waals surface area (Å²) in [6.07, 6.45) is 1.52. The molecule has 3 heteroatoms. The van der Waals surface area contributed by atoms with Crippen LogP contribution in [0.25, 0.3) is 0 Å². The number of hydrogen-bond donors (Lipinski definition) is 1. The van der Waals surface area contributed by atoms with Gasteiger partial charge < -0.3 is 5.32 Å². The number of nitrogens with zero attached hydrogens (tertiary/aromatic N) is 1. The van der Waals surface area contributed by atoms with Crippen LogP contribution in [0.3, 0.4) is 0 Å². The Morgan fingerprint density at radius 2 is 1.29 bits per heavy atom. The van der Waals surface area contributed by atoms with Crippen molar-refractivity contribution in [2.24, 2.45) is 0 Å². The lowest BCUT2D eigenvalue weighted by molar-refractivity contribution is -0.115. The van der Waals surface area contributed by atoms with Crippen LogP contribution in [-0.2, 0) is 24.3 Å². The molecule has 144 valence electrons. The average Bonchev–Trinajstić information content (AvgIpc) is 2.71. The third-order valence-corrected chi connectivity index (χ3v) is 4.64. The van der Waals surface area contributed by atoms with Crippen LogP contribution in [0.5, 0.6) is 0 Å². The van der Waals surface area contributed by atoms with Gasteiger partial charge in [-0.05, 0) is 41.8 Å². The van der Waals surface area contributed by atoms with Crippen molar-refractivity contribution in [3.8, 4) is 0 Å². The molecule has 0 bridgehead atoms. The van der Waals surface area contributed by atoms with E-state index in [1.54, 1.807) is 0 Å². The number of carbonyl (C=O) groups excluding carboxylic acids is 1. The maximum Gasteiger partial charge on any atom is 0.228 e. The Morgan fingerprint density at radius 1 is 0.750 bits per heavy atom. The highest BCUT2D eigenvalue weighted by Gasteiger charge is 2.08. The van der Waals surface area contributed by atoms with Crippen molar-refractivity contribution in [2.75, 3.05) is 11.9 Å². The Labute approximate surface area is 168 Å². The second-order valence-electron chi connectivity index (χ2n) is 7.10. The zero-order chi connectivity index (χ0) is 19.6.